The Labute approximate surface area is 104 Å². The average molecular weight is 237 g/mol. The second kappa shape index (κ2) is 4.07. The predicted octanol–water partition coefficient (Wildman–Crippen LogP) is 3.24. The lowest BCUT2D eigenvalue weighted by Gasteiger charge is -2.04. The van der Waals surface area contributed by atoms with Gasteiger partial charge in [-0.2, -0.15) is 4.98 Å². The average Bonchev–Trinajstić information content (AvgIpc) is 2.91. The number of aromatic nitrogens is 3. The second-order valence-electron chi connectivity index (χ2n) is 4.06. The normalized spacial score (nSPS) is 10.7. The lowest BCUT2D eigenvalue weighted by molar-refractivity contribution is 0.428. The van der Waals surface area contributed by atoms with Gasteiger partial charge in [0.2, 0.25) is 0 Å². The molecule has 0 spiro atoms. The van der Waals surface area contributed by atoms with Crippen LogP contribution in [0.3, 0.4) is 0 Å². The van der Waals surface area contributed by atoms with E-state index in [0.29, 0.717) is 5.89 Å². The summed E-state index contributed by atoms with van der Waals surface area (Å²) in [6.07, 6.45) is 3.20. The second-order valence-corrected chi connectivity index (χ2v) is 4.06. The predicted molar refractivity (Wildman–Crippen MR) is 69.9 cm³/mol. The Bertz CT molecular complexity index is 717. The van der Waals surface area contributed by atoms with Gasteiger partial charge in [-0.05, 0) is 36.2 Å². The number of benzene rings is 1. The Hall–Kier alpha value is -2.49. The number of hydrogen-bond acceptors (Lipinski definition) is 4. The Balaban J connectivity index is 2.25. The molecule has 88 valence electrons. The fourth-order valence-corrected chi connectivity index (χ4v) is 1.92. The topological polar surface area (TPSA) is 51.8 Å². The van der Waals surface area contributed by atoms with Crippen LogP contribution in [0.15, 0.2) is 41.7 Å². The third kappa shape index (κ3) is 1.68. The Morgan fingerprint density at radius 2 is 2.17 bits per heavy atom. The minimum atomic E-state index is 0.446. The third-order valence-electron chi connectivity index (χ3n) is 2.83. The molecule has 0 unspecified atom stereocenters. The summed E-state index contributed by atoms with van der Waals surface area (Å²) >= 11 is 0. The van der Waals surface area contributed by atoms with E-state index in [1.54, 1.807) is 0 Å². The molecule has 0 bridgehead atoms. The molecule has 18 heavy (non-hydrogen) atoms. The van der Waals surface area contributed by atoms with Gasteiger partial charge in [-0.25, -0.2) is 4.98 Å². The van der Waals surface area contributed by atoms with Gasteiger partial charge in [-0.1, -0.05) is 23.9 Å². The number of nitrogens with zero attached hydrogens (tertiary/aromatic N) is 3. The smallest absolute Gasteiger partial charge is 0.276 e. The van der Waals surface area contributed by atoms with Crippen LogP contribution in [0.1, 0.15) is 11.1 Å². The highest BCUT2D eigenvalue weighted by molar-refractivity contribution is 5.84. The highest BCUT2D eigenvalue weighted by atomic mass is 16.5. The van der Waals surface area contributed by atoms with Gasteiger partial charge in [0, 0.05) is 5.39 Å². The van der Waals surface area contributed by atoms with E-state index in [1.165, 1.54) is 6.33 Å². The zero-order valence-corrected chi connectivity index (χ0v) is 9.92. The summed E-state index contributed by atoms with van der Waals surface area (Å²) in [6.45, 7) is 5.74. The van der Waals surface area contributed by atoms with Crippen molar-refractivity contribution in [3.05, 3.63) is 48.3 Å². The molecule has 2 aromatic heterocycles. The van der Waals surface area contributed by atoms with Crippen LogP contribution in [0.2, 0.25) is 0 Å². The minimum Gasteiger partial charge on any atom is -0.333 e. The molecule has 0 aliphatic rings. The molecule has 4 heteroatoms. The molecule has 0 fully saturated rings. The quantitative estimate of drug-likeness (QED) is 0.686. The van der Waals surface area contributed by atoms with Gasteiger partial charge in [0.05, 0.1) is 5.52 Å². The fourth-order valence-electron chi connectivity index (χ4n) is 1.92. The monoisotopic (exact) mass is 237 g/mol. The van der Waals surface area contributed by atoms with Gasteiger partial charge in [0.15, 0.2) is 6.33 Å². The first-order valence-corrected chi connectivity index (χ1v) is 5.59. The molecule has 0 amide bonds. The molecule has 1 aromatic carbocycles. The maximum Gasteiger partial charge on any atom is 0.276 e. The van der Waals surface area contributed by atoms with Crippen LogP contribution in [0.4, 0.5) is 0 Å². The molecule has 0 N–H and O–H groups in total. The molecule has 3 aromatic rings. The van der Waals surface area contributed by atoms with E-state index < -0.39 is 0 Å². The summed E-state index contributed by atoms with van der Waals surface area (Å²) in [5.41, 5.74) is 3.72. The van der Waals surface area contributed by atoms with Crippen LogP contribution in [-0.2, 0) is 0 Å². The van der Waals surface area contributed by atoms with E-state index in [4.69, 9.17) is 4.52 Å². The van der Waals surface area contributed by atoms with Crippen molar-refractivity contribution in [2.45, 2.75) is 6.92 Å². The number of rotatable bonds is 2. The van der Waals surface area contributed by atoms with Crippen LogP contribution in [0, 0.1) is 6.92 Å². The van der Waals surface area contributed by atoms with E-state index in [-0.39, 0.29) is 0 Å². The summed E-state index contributed by atoms with van der Waals surface area (Å²) in [5, 5.41) is 4.68. The van der Waals surface area contributed by atoms with Gasteiger partial charge in [0.1, 0.15) is 5.69 Å². The van der Waals surface area contributed by atoms with Gasteiger partial charge < -0.3 is 4.52 Å². The Morgan fingerprint density at radius 1 is 1.28 bits per heavy atom. The van der Waals surface area contributed by atoms with Gasteiger partial charge in [-0.15, -0.1) is 0 Å². The summed E-state index contributed by atoms with van der Waals surface area (Å²) in [6, 6.07) is 8.07. The molecule has 0 atom stereocenters. The van der Waals surface area contributed by atoms with Crippen LogP contribution >= 0.6 is 0 Å². The fraction of sp³-hybridized carbons (Fsp3) is 0.0714. The van der Waals surface area contributed by atoms with Crippen molar-refractivity contribution in [1.82, 2.24) is 15.1 Å². The molecule has 0 aliphatic heterocycles. The summed E-state index contributed by atoms with van der Waals surface area (Å²) in [5.74, 6) is 0.446. The molecular weight excluding hydrogens is 226 g/mol. The van der Waals surface area contributed by atoms with Crippen molar-refractivity contribution in [3.63, 3.8) is 0 Å². The maximum atomic E-state index is 5.05. The molecule has 3 rings (SSSR count). The first-order chi connectivity index (χ1) is 8.78. The molecule has 0 saturated carbocycles. The van der Waals surface area contributed by atoms with Crippen LogP contribution in [-0.4, -0.2) is 15.1 Å². The summed E-state index contributed by atoms with van der Waals surface area (Å²) in [7, 11) is 0. The molecule has 0 aliphatic carbocycles. The highest BCUT2D eigenvalue weighted by Gasteiger charge is 2.10. The maximum absolute atomic E-state index is 5.05. The van der Waals surface area contributed by atoms with Gasteiger partial charge in [0.25, 0.3) is 5.89 Å². The Morgan fingerprint density at radius 3 is 2.89 bits per heavy atom. The number of pyridine rings is 1. The highest BCUT2D eigenvalue weighted by Crippen LogP contribution is 2.24. The van der Waals surface area contributed by atoms with Crippen molar-refractivity contribution in [2.75, 3.05) is 0 Å². The third-order valence-corrected chi connectivity index (χ3v) is 2.83. The number of hydrogen-bond donors (Lipinski definition) is 0. The van der Waals surface area contributed by atoms with E-state index in [1.807, 2.05) is 25.1 Å². The van der Waals surface area contributed by atoms with Crippen molar-refractivity contribution in [3.8, 4) is 11.6 Å². The van der Waals surface area contributed by atoms with E-state index in [0.717, 1.165) is 27.7 Å². The van der Waals surface area contributed by atoms with Crippen molar-refractivity contribution < 1.29 is 4.52 Å². The summed E-state index contributed by atoms with van der Waals surface area (Å²) < 4.78 is 5.05. The standard InChI is InChI=1S/C14H11N3O/c1-3-10-4-5-12-11(7-10)6-9(2)13(17-12)14-15-8-16-18-14/h3-8H,1H2,2H3. The van der Waals surface area contributed by atoms with Crippen LogP contribution in [0.25, 0.3) is 28.6 Å². The van der Waals surface area contributed by atoms with Crippen LogP contribution < -0.4 is 0 Å². The van der Waals surface area contributed by atoms with Gasteiger partial charge >= 0.3 is 0 Å². The zero-order chi connectivity index (χ0) is 12.5. The molecule has 0 saturated heterocycles. The SMILES string of the molecule is C=Cc1ccc2nc(-c3ncno3)c(C)cc2c1. The number of fused-ring (bicyclic) bond motifs is 1. The summed E-state index contributed by atoms with van der Waals surface area (Å²) in [4.78, 5) is 8.59. The van der Waals surface area contributed by atoms with E-state index >= 15 is 0 Å². The zero-order valence-electron chi connectivity index (χ0n) is 9.92. The molecule has 2 heterocycles. The molecule has 4 nitrogen and oxygen atoms in total. The van der Waals surface area contributed by atoms with E-state index in [2.05, 4.69) is 33.8 Å². The van der Waals surface area contributed by atoms with Gasteiger partial charge in [-0.3, -0.25) is 0 Å². The first-order valence-electron chi connectivity index (χ1n) is 5.59. The van der Waals surface area contributed by atoms with E-state index in [9.17, 15) is 0 Å². The first kappa shape index (κ1) is 10.7. The largest absolute Gasteiger partial charge is 0.333 e. The number of aryl methyl sites for hydroxylation is 1. The minimum absolute atomic E-state index is 0.446. The lowest BCUT2D eigenvalue weighted by atomic mass is 10.1. The Kier molecular flexibility index (Phi) is 2.41. The molecular formula is C14H11N3O. The lowest BCUT2D eigenvalue weighted by Crippen LogP contribution is -1.90. The molecule has 0 radical (unpaired) electrons. The van der Waals surface area contributed by atoms with Crippen molar-refractivity contribution in [1.29, 1.82) is 0 Å². The van der Waals surface area contributed by atoms with Crippen molar-refractivity contribution >= 4 is 17.0 Å². The van der Waals surface area contributed by atoms with Crippen LogP contribution in [0.5, 0.6) is 0 Å². The van der Waals surface area contributed by atoms with Crippen molar-refractivity contribution in [2.24, 2.45) is 0 Å².